The minimum absolute atomic E-state index is 0. The summed E-state index contributed by atoms with van der Waals surface area (Å²) in [5.41, 5.74) is 0.926. The topological polar surface area (TPSA) is 71.1 Å². The van der Waals surface area contributed by atoms with Gasteiger partial charge in [-0.1, -0.05) is 156 Å². The third kappa shape index (κ3) is 13.4. The van der Waals surface area contributed by atoms with Crippen LogP contribution in [0.1, 0.15) is 93.7 Å². The van der Waals surface area contributed by atoms with E-state index in [-0.39, 0.29) is 33.8 Å². The molecule has 0 bridgehead atoms. The highest BCUT2D eigenvalue weighted by molar-refractivity contribution is 6.87. The second kappa shape index (κ2) is 22.6. The average Bonchev–Trinajstić information content (AvgIpc) is 3.14. The van der Waals surface area contributed by atoms with Gasteiger partial charge in [0.05, 0.1) is 0 Å². The van der Waals surface area contributed by atoms with Crippen molar-refractivity contribution < 1.29 is 27.3 Å². The fraction of sp³-hybridized carbons (Fsp3) is 0.447. The lowest BCUT2D eigenvalue weighted by molar-refractivity contribution is -0.0298. The largest absolute Gasteiger partial charge is 0.437 e. The Morgan fingerprint density at radius 2 is 0.768 bits per heavy atom. The first-order valence-electron chi connectivity index (χ1n) is 19.2. The van der Waals surface area contributed by atoms with Gasteiger partial charge in [0.2, 0.25) is 0 Å². The predicted molar refractivity (Wildman–Crippen MR) is 244 cm³/mol. The van der Waals surface area contributed by atoms with E-state index in [0.717, 1.165) is 36.1 Å². The maximum Gasteiger partial charge on any atom is 0.311 e. The van der Waals surface area contributed by atoms with Gasteiger partial charge in [-0.25, -0.2) is 0 Å². The van der Waals surface area contributed by atoms with Crippen LogP contribution >= 0.6 is 0 Å². The normalized spacial score (nSPS) is 13.9. The van der Waals surface area contributed by atoms with Gasteiger partial charge < -0.3 is 17.7 Å². The lowest BCUT2D eigenvalue weighted by Crippen LogP contribution is -2.52. The highest BCUT2D eigenvalue weighted by atomic mass is 28.5. The van der Waals surface area contributed by atoms with Crippen LogP contribution in [-0.2, 0) is 28.9 Å². The fourth-order valence-electron chi connectivity index (χ4n) is 7.75. The molecule has 0 radical (unpaired) electrons. The van der Waals surface area contributed by atoms with Crippen molar-refractivity contribution in [3.63, 3.8) is 0 Å². The maximum absolute atomic E-state index is 14.2. The summed E-state index contributed by atoms with van der Waals surface area (Å²) in [4.78, 5) is 28.4. The maximum atomic E-state index is 14.2. The molecule has 56 heavy (non-hydrogen) atoms. The van der Waals surface area contributed by atoms with Crippen LogP contribution in [0.15, 0.2) is 121 Å². The van der Waals surface area contributed by atoms with Crippen LogP contribution < -0.4 is 0 Å². The fourth-order valence-corrected chi connectivity index (χ4v) is 21.8. The molecular formula is C47H72O6Si3. The number of ether oxygens (including phenoxy) is 2. The number of rotatable bonds is 22. The minimum Gasteiger partial charge on any atom is -0.437 e. The number of hydrogen-bond acceptors (Lipinski definition) is 6. The Bertz CT molecular complexity index is 1590. The van der Waals surface area contributed by atoms with Crippen molar-refractivity contribution >= 4 is 36.8 Å². The van der Waals surface area contributed by atoms with Crippen LogP contribution in [0.3, 0.4) is 0 Å². The van der Waals surface area contributed by atoms with Crippen LogP contribution in [0.4, 0.5) is 0 Å². The second-order valence-electron chi connectivity index (χ2n) is 15.5. The van der Waals surface area contributed by atoms with Gasteiger partial charge in [0.15, 0.2) is 39.4 Å². The zero-order valence-corrected chi connectivity index (χ0v) is 36.2. The van der Waals surface area contributed by atoms with Crippen molar-refractivity contribution in [2.24, 2.45) is 0 Å². The van der Waals surface area contributed by atoms with Crippen molar-refractivity contribution in [1.29, 1.82) is 0 Å². The zero-order valence-electron chi connectivity index (χ0n) is 33.2. The van der Waals surface area contributed by atoms with Gasteiger partial charge in [-0.2, -0.15) is 0 Å². The molecule has 308 valence electrons. The van der Waals surface area contributed by atoms with E-state index < -0.39 is 36.4 Å². The van der Waals surface area contributed by atoms with Crippen LogP contribution in [0, 0.1) is 0 Å². The summed E-state index contributed by atoms with van der Waals surface area (Å²) in [5, 5.41) is 0. The molecule has 4 aromatic carbocycles. The van der Waals surface area contributed by atoms with Crippen molar-refractivity contribution in [1.82, 2.24) is 0 Å². The first kappa shape index (κ1) is 50.7. The van der Waals surface area contributed by atoms with E-state index in [1.165, 1.54) is 0 Å². The lowest BCUT2D eigenvalue weighted by atomic mass is 9.82. The molecule has 6 nitrogen and oxygen atoms in total. The molecule has 4 aromatic rings. The Balaban J connectivity index is 0.00000523. The molecule has 0 saturated carbocycles. The molecule has 0 saturated heterocycles. The number of benzene rings is 4. The molecule has 9 heteroatoms. The number of Topliss-reactive ketones (excluding diaryl/α,β-unsaturated/α-hetero) is 2. The van der Waals surface area contributed by atoms with Gasteiger partial charge in [-0.3, -0.25) is 9.59 Å². The van der Waals surface area contributed by atoms with Gasteiger partial charge in [0.25, 0.3) is 0 Å². The Kier molecular flexibility index (Phi) is 20.5. The molecule has 0 aromatic heterocycles. The van der Waals surface area contributed by atoms with Gasteiger partial charge in [0, 0.05) is 24.3 Å². The van der Waals surface area contributed by atoms with Crippen molar-refractivity contribution in [2.75, 3.05) is 13.2 Å². The smallest absolute Gasteiger partial charge is 0.311 e. The molecule has 0 spiro atoms. The van der Waals surface area contributed by atoms with Crippen LogP contribution in [0.25, 0.3) is 0 Å². The molecule has 2 atom stereocenters. The summed E-state index contributed by atoms with van der Waals surface area (Å²) >= 11 is 0. The lowest BCUT2D eigenvalue weighted by Gasteiger charge is -2.40. The highest BCUT2D eigenvalue weighted by Crippen LogP contribution is 2.39. The first-order valence-corrected chi connectivity index (χ1v) is 28.2. The third-order valence-electron chi connectivity index (χ3n) is 9.73. The monoisotopic (exact) mass is 816 g/mol. The third-order valence-corrected chi connectivity index (χ3v) is 21.2. The molecule has 0 aliphatic heterocycles. The number of carbonyl (C=O) groups excluding carboxylic acids is 2. The first-order chi connectivity index (χ1) is 25.2. The average molecular weight is 817 g/mol. The Labute approximate surface area is 343 Å². The van der Waals surface area contributed by atoms with E-state index in [1.54, 1.807) is 0 Å². The van der Waals surface area contributed by atoms with Crippen molar-refractivity contribution in [3.05, 3.63) is 144 Å². The number of ketones is 2. The van der Waals surface area contributed by atoms with Gasteiger partial charge in [-0.15, -0.1) is 0 Å². The number of carbonyl (C=O) groups is 2. The van der Waals surface area contributed by atoms with Crippen molar-refractivity contribution in [2.45, 2.75) is 124 Å². The SMILES string of the molecule is C.C.C.CCOC(CCC[Si](C)(C)O[Si](C)(C)O[Si](C)(C)CCCC(OCC)(C(=O)c1ccccc1)c1ccccc1)(C(=O)c1ccccc1)c1ccccc1. The standard InChI is InChI=1S/C44H60O6Si3.3CH4/c1-9-47-43(39-29-19-13-20-30-39,41(45)37-25-15-11-16-26-37)33-23-35-51(3,4)49-53(7,8)50-52(5,6)36-24-34-44(48-10-2,40-31-21-14-22-32-40)42(46)38-27-17-12-18-28-38;;;/h11-22,25-32H,9-10,23-24,33-36H2,1-8H3;3*1H4. The van der Waals surface area contributed by atoms with E-state index >= 15 is 0 Å². The molecule has 0 fully saturated rings. The summed E-state index contributed by atoms with van der Waals surface area (Å²) < 4.78 is 26.9. The van der Waals surface area contributed by atoms with E-state index in [0.29, 0.717) is 37.2 Å². The van der Waals surface area contributed by atoms with Crippen LogP contribution in [0.5, 0.6) is 0 Å². The van der Waals surface area contributed by atoms with E-state index in [9.17, 15) is 9.59 Å². The summed E-state index contributed by atoms with van der Waals surface area (Å²) in [6.45, 7) is 18.1. The highest BCUT2D eigenvalue weighted by Gasteiger charge is 2.45. The van der Waals surface area contributed by atoms with E-state index in [1.807, 2.05) is 135 Å². The van der Waals surface area contributed by atoms with Crippen molar-refractivity contribution in [3.8, 4) is 0 Å². The van der Waals surface area contributed by atoms with Gasteiger partial charge >= 0.3 is 8.56 Å². The van der Waals surface area contributed by atoms with Crippen LogP contribution in [0.2, 0.25) is 51.4 Å². The molecule has 0 aliphatic rings. The summed E-state index contributed by atoms with van der Waals surface area (Å²) in [6.07, 6.45) is 2.69. The molecule has 0 aliphatic carbocycles. The quantitative estimate of drug-likeness (QED) is 0.0581. The molecule has 0 amide bonds. The molecule has 0 heterocycles. The summed E-state index contributed by atoms with van der Waals surface area (Å²) in [6, 6.07) is 40.5. The molecule has 0 N–H and O–H groups in total. The van der Waals surface area contributed by atoms with E-state index in [4.69, 9.17) is 17.7 Å². The predicted octanol–water partition coefficient (Wildman–Crippen LogP) is 13.2. The molecule has 4 rings (SSSR count). The Morgan fingerprint density at radius 3 is 1.05 bits per heavy atom. The molecular weight excluding hydrogens is 745 g/mol. The number of hydrogen-bond donors (Lipinski definition) is 0. The summed E-state index contributed by atoms with van der Waals surface area (Å²) in [5.74, 6) is -0.0214. The summed E-state index contributed by atoms with van der Waals surface area (Å²) in [7, 11) is -6.98. The molecule has 2 unspecified atom stereocenters. The van der Waals surface area contributed by atoms with E-state index in [2.05, 4.69) is 39.3 Å². The van der Waals surface area contributed by atoms with Gasteiger partial charge in [-0.05, 0) is 89.2 Å². The Morgan fingerprint density at radius 1 is 0.482 bits per heavy atom. The second-order valence-corrected chi connectivity index (χ2v) is 27.9. The Hall–Kier alpha value is -3.29. The minimum atomic E-state index is -2.55. The van der Waals surface area contributed by atoms with Crippen LogP contribution in [-0.4, -0.2) is 50.0 Å². The zero-order chi connectivity index (χ0) is 38.6. The van der Waals surface area contributed by atoms with Gasteiger partial charge in [0.1, 0.15) is 0 Å².